The first-order valence-electron chi connectivity index (χ1n) is 6.40. The van der Waals surface area contributed by atoms with Crippen LogP contribution in [0.25, 0.3) is 11.1 Å². The molecule has 0 aliphatic carbocycles. The highest BCUT2D eigenvalue weighted by atomic mass is 35.5. The van der Waals surface area contributed by atoms with Gasteiger partial charge in [0.05, 0.1) is 22.5 Å². The predicted octanol–water partition coefficient (Wildman–Crippen LogP) is 5.02. The predicted molar refractivity (Wildman–Crippen MR) is 80.2 cm³/mol. The van der Waals surface area contributed by atoms with Crippen LogP contribution in [-0.4, -0.2) is 6.10 Å². The molecule has 1 atom stereocenters. The first kappa shape index (κ1) is 14.2. The quantitative estimate of drug-likeness (QED) is 0.778. The van der Waals surface area contributed by atoms with E-state index in [0.717, 1.165) is 5.56 Å². The van der Waals surface area contributed by atoms with Gasteiger partial charge in [-0.25, -0.2) is 4.39 Å². The highest BCUT2D eigenvalue weighted by molar-refractivity contribution is 6.39. The second-order valence-corrected chi connectivity index (χ2v) is 5.66. The van der Waals surface area contributed by atoms with Gasteiger partial charge >= 0.3 is 0 Å². The Morgan fingerprint density at radius 3 is 2.67 bits per heavy atom. The summed E-state index contributed by atoms with van der Waals surface area (Å²) in [5.41, 5.74) is 1.82. The highest BCUT2D eigenvalue weighted by Crippen LogP contribution is 2.45. The molecule has 5 heteroatoms. The van der Waals surface area contributed by atoms with Crippen LogP contribution in [0.2, 0.25) is 10.0 Å². The van der Waals surface area contributed by atoms with E-state index in [9.17, 15) is 4.39 Å². The molecule has 0 spiro atoms. The zero-order valence-electron chi connectivity index (χ0n) is 10.9. The zero-order valence-corrected chi connectivity index (χ0v) is 12.4. The fourth-order valence-corrected chi connectivity index (χ4v) is 3.15. The van der Waals surface area contributed by atoms with Crippen LogP contribution in [-0.2, 0) is 6.42 Å². The Morgan fingerprint density at radius 2 is 2.00 bits per heavy atom. The third kappa shape index (κ3) is 2.57. The monoisotopic (exact) mass is 321 g/mol. The van der Waals surface area contributed by atoms with E-state index in [0.29, 0.717) is 33.3 Å². The minimum Gasteiger partial charge on any atom is -0.488 e. The van der Waals surface area contributed by atoms with Crippen molar-refractivity contribution in [2.24, 2.45) is 0 Å². The Kier molecular flexibility index (Phi) is 3.75. The van der Waals surface area contributed by atoms with Crippen LogP contribution in [0.5, 0.6) is 5.75 Å². The van der Waals surface area contributed by atoms with Crippen LogP contribution in [0.15, 0.2) is 30.3 Å². The van der Waals surface area contributed by atoms with Crippen molar-refractivity contribution in [1.29, 1.82) is 5.26 Å². The normalized spacial score (nSPS) is 16.2. The maximum absolute atomic E-state index is 13.9. The van der Waals surface area contributed by atoms with Gasteiger partial charge in [0.15, 0.2) is 0 Å². The van der Waals surface area contributed by atoms with Crippen LogP contribution < -0.4 is 4.74 Å². The molecule has 0 saturated carbocycles. The van der Waals surface area contributed by atoms with Crippen molar-refractivity contribution in [2.45, 2.75) is 18.9 Å². The van der Waals surface area contributed by atoms with Gasteiger partial charge in [-0.05, 0) is 24.3 Å². The summed E-state index contributed by atoms with van der Waals surface area (Å²) in [7, 11) is 0. The van der Waals surface area contributed by atoms with Crippen molar-refractivity contribution in [1.82, 2.24) is 0 Å². The van der Waals surface area contributed by atoms with Gasteiger partial charge in [0.25, 0.3) is 0 Å². The smallest absolute Gasteiger partial charge is 0.131 e. The number of rotatable bonds is 2. The molecule has 0 amide bonds. The summed E-state index contributed by atoms with van der Waals surface area (Å²) in [6, 6.07) is 9.99. The second-order valence-electron chi connectivity index (χ2n) is 4.84. The van der Waals surface area contributed by atoms with Gasteiger partial charge < -0.3 is 4.74 Å². The molecule has 1 aliphatic heterocycles. The summed E-state index contributed by atoms with van der Waals surface area (Å²) in [5.74, 6) is 0.188. The molecule has 106 valence electrons. The third-order valence-electron chi connectivity index (χ3n) is 3.41. The number of fused-ring (bicyclic) bond motifs is 1. The summed E-state index contributed by atoms with van der Waals surface area (Å²) in [4.78, 5) is 0. The largest absolute Gasteiger partial charge is 0.488 e. The number of halogens is 3. The van der Waals surface area contributed by atoms with Gasteiger partial charge in [0, 0.05) is 23.1 Å². The molecule has 1 unspecified atom stereocenters. The fraction of sp³-hybridized carbons (Fsp3) is 0.188. The van der Waals surface area contributed by atoms with Gasteiger partial charge in [-0.2, -0.15) is 5.26 Å². The van der Waals surface area contributed by atoms with E-state index < -0.39 is 0 Å². The molecule has 0 saturated heterocycles. The molecule has 21 heavy (non-hydrogen) atoms. The van der Waals surface area contributed by atoms with Gasteiger partial charge in [-0.1, -0.05) is 29.3 Å². The molecule has 0 N–H and O–H groups in total. The van der Waals surface area contributed by atoms with Crippen LogP contribution in [0.4, 0.5) is 4.39 Å². The number of nitriles is 1. The molecule has 0 bridgehead atoms. The Hall–Kier alpha value is -1.76. The number of ether oxygens (including phenoxy) is 1. The minimum absolute atomic E-state index is 0.256. The summed E-state index contributed by atoms with van der Waals surface area (Å²) in [6.45, 7) is 0. The Balaban J connectivity index is 2.16. The molecular weight excluding hydrogens is 312 g/mol. The van der Waals surface area contributed by atoms with Crippen molar-refractivity contribution in [3.8, 4) is 22.9 Å². The van der Waals surface area contributed by atoms with Crippen molar-refractivity contribution >= 4 is 23.2 Å². The lowest BCUT2D eigenvalue weighted by Gasteiger charge is -2.13. The first-order valence-corrected chi connectivity index (χ1v) is 7.16. The number of benzene rings is 2. The summed E-state index contributed by atoms with van der Waals surface area (Å²) in [6.07, 6.45) is 0.508. The van der Waals surface area contributed by atoms with E-state index in [-0.39, 0.29) is 18.3 Å². The van der Waals surface area contributed by atoms with Crippen LogP contribution in [0.3, 0.4) is 0 Å². The molecule has 1 aliphatic rings. The molecule has 2 aromatic rings. The third-order valence-corrected chi connectivity index (χ3v) is 4.04. The van der Waals surface area contributed by atoms with Crippen molar-refractivity contribution in [2.75, 3.05) is 0 Å². The van der Waals surface area contributed by atoms with Crippen LogP contribution in [0.1, 0.15) is 12.0 Å². The lowest BCUT2D eigenvalue weighted by molar-refractivity contribution is 0.239. The SMILES string of the molecule is N#CCC1Cc2cc(F)cc(-c3c(Cl)cccc3Cl)c2O1. The van der Waals surface area contributed by atoms with Crippen molar-refractivity contribution in [3.63, 3.8) is 0 Å². The van der Waals surface area contributed by atoms with Gasteiger partial charge in [0.2, 0.25) is 0 Å². The highest BCUT2D eigenvalue weighted by Gasteiger charge is 2.28. The Labute approximate surface area is 131 Å². The number of hydrogen-bond acceptors (Lipinski definition) is 2. The fourth-order valence-electron chi connectivity index (χ4n) is 2.55. The standard InChI is InChI=1S/C16H10Cl2FNO/c17-13-2-1-3-14(18)15(13)12-8-10(19)6-9-7-11(4-5-20)21-16(9)12/h1-3,6,8,11H,4,7H2. The lowest BCUT2D eigenvalue weighted by atomic mass is 10.00. The van der Waals surface area contributed by atoms with Gasteiger partial charge in [-0.15, -0.1) is 0 Å². The Morgan fingerprint density at radius 1 is 1.29 bits per heavy atom. The maximum Gasteiger partial charge on any atom is 0.131 e. The number of hydrogen-bond donors (Lipinski definition) is 0. The van der Waals surface area contributed by atoms with E-state index in [2.05, 4.69) is 6.07 Å². The zero-order chi connectivity index (χ0) is 15.0. The van der Waals surface area contributed by atoms with E-state index in [1.165, 1.54) is 12.1 Å². The van der Waals surface area contributed by atoms with Gasteiger partial charge in [0.1, 0.15) is 17.7 Å². The minimum atomic E-state index is -0.374. The molecule has 1 heterocycles. The van der Waals surface area contributed by atoms with E-state index >= 15 is 0 Å². The second kappa shape index (κ2) is 5.55. The summed E-state index contributed by atoms with van der Waals surface area (Å²) < 4.78 is 19.7. The van der Waals surface area contributed by atoms with E-state index in [1.807, 2.05) is 0 Å². The molecular formula is C16H10Cl2FNO. The summed E-state index contributed by atoms with van der Waals surface area (Å²) >= 11 is 12.4. The van der Waals surface area contributed by atoms with Crippen LogP contribution >= 0.6 is 23.2 Å². The molecule has 3 rings (SSSR count). The average Bonchev–Trinajstić information content (AvgIpc) is 2.81. The van der Waals surface area contributed by atoms with E-state index in [1.54, 1.807) is 18.2 Å². The summed E-state index contributed by atoms with van der Waals surface area (Å²) in [5, 5.41) is 9.65. The molecule has 0 radical (unpaired) electrons. The average molecular weight is 322 g/mol. The van der Waals surface area contributed by atoms with E-state index in [4.69, 9.17) is 33.2 Å². The molecule has 0 fully saturated rings. The molecule has 2 aromatic carbocycles. The lowest BCUT2D eigenvalue weighted by Crippen LogP contribution is -2.11. The molecule has 0 aromatic heterocycles. The maximum atomic E-state index is 13.9. The van der Waals surface area contributed by atoms with Crippen molar-refractivity contribution < 1.29 is 9.13 Å². The first-order chi connectivity index (χ1) is 10.1. The van der Waals surface area contributed by atoms with Gasteiger partial charge in [-0.3, -0.25) is 0 Å². The molecule has 2 nitrogen and oxygen atoms in total. The Bertz CT molecular complexity index is 734. The topological polar surface area (TPSA) is 33.0 Å². The van der Waals surface area contributed by atoms with Crippen molar-refractivity contribution in [3.05, 3.63) is 51.8 Å². The number of nitrogens with zero attached hydrogens (tertiary/aromatic N) is 1. The van der Waals surface area contributed by atoms with Crippen LogP contribution in [0, 0.1) is 17.1 Å².